The van der Waals surface area contributed by atoms with Crippen molar-refractivity contribution < 1.29 is 8.42 Å². The van der Waals surface area contributed by atoms with Gasteiger partial charge in [-0.1, -0.05) is 17.7 Å². The zero-order valence-corrected chi connectivity index (χ0v) is 8.92. The van der Waals surface area contributed by atoms with Crippen LogP contribution in [0, 0.1) is 6.92 Å². The highest BCUT2D eigenvalue weighted by Crippen LogP contribution is 2.23. The van der Waals surface area contributed by atoms with Gasteiger partial charge in [0.1, 0.15) is 0 Å². The van der Waals surface area contributed by atoms with Crippen LogP contribution in [-0.2, 0) is 10.0 Å². The van der Waals surface area contributed by atoms with Crippen molar-refractivity contribution in [2.24, 2.45) is 0 Å². The van der Waals surface area contributed by atoms with Crippen LogP contribution in [0.5, 0.6) is 0 Å². The predicted octanol–water partition coefficient (Wildman–Crippen LogP) is 1.53. The Morgan fingerprint density at radius 3 is 2.36 bits per heavy atom. The van der Waals surface area contributed by atoms with Gasteiger partial charge >= 0.3 is 0 Å². The molecule has 0 amide bonds. The zero-order chi connectivity index (χ0) is 10.2. The Bertz CT molecular complexity index is 422. The highest BCUT2D eigenvalue weighted by molar-refractivity contribution is 7.93. The number of benzene rings is 1. The molecule has 0 atom stereocenters. The van der Waals surface area contributed by atoms with E-state index in [2.05, 4.69) is 0 Å². The Hall–Kier alpha value is -1.03. The summed E-state index contributed by atoms with van der Waals surface area (Å²) in [5.74, 6) is 0.279. The molecule has 1 saturated heterocycles. The Morgan fingerprint density at radius 1 is 1.21 bits per heavy atom. The summed E-state index contributed by atoms with van der Waals surface area (Å²) in [6, 6.07) is 7.59. The summed E-state index contributed by atoms with van der Waals surface area (Å²) in [6.45, 7) is 2.60. The molecule has 14 heavy (non-hydrogen) atoms. The SMILES string of the molecule is Cc1ccc(N2CCCS2(=O)=O)cc1. The number of hydrogen-bond donors (Lipinski definition) is 0. The summed E-state index contributed by atoms with van der Waals surface area (Å²) in [5, 5.41) is 0. The molecule has 2 rings (SSSR count). The summed E-state index contributed by atoms with van der Waals surface area (Å²) < 4.78 is 24.6. The van der Waals surface area contributed by atoms with Gasteiger partial charge in [0.2, 0.25) is 10.0 Å². The van der Waals surface area contributed by atoms with Crippen molar-refractivity contribution in [3.05, 3.63) is 29.8 Å². The lowest BCUT2D eigenvalue weighted by molar-refractivity contribution is 0.599. The average molecular weight is 211 g/mol. The molecule has 0 bridgehead atoms. The average Bonchev–Trinajstić information content (AvgIpc) is 2.47. The van der Waals surface area contributed by atoms with Crippen LogP contribution in [0.3, 0.4) is 0 Å². The van der Waals surface area contributed by atoms with Crippen LogP contribution in [0.2, 0.25) is 0 Å². The first-order chi connectivity index (χ1) is 6.59. The first-order valence-electron chi connectivity index (χ1n) is 4.67. The number of hydrogen-bond acceptors (Lipinski definition) is 2. The molecule has 76 valence electrons. The Kier molecular flexibility index (Phi) is 2.23. The van der Waals surface area contributed by atoms with E-state index in [1.54, 1.807) is 0 Å². The lowest BCUT2D eigenvalue weighted by atomic mass is 10.2. The molecular formula is C10H13NO2S. The van der Waals surface area contributed by atoms with E-state index in [1.165, 1.54) is 4.31 Å². The summed E-state index contributed by atoms with van der Waals surface area (Å²) >= 11 is 0. The van der Waals surface area contributed by atoms with Crippen molar-refractivity contribution in [3.8, 4) is 0 Å². The molecule has 0 aromatic heterocycles. The molecule has 0 radical (unpaired) electrons. The van der Waals surface area contributed by atoms with E-state index in [0.29, 0.717) is 6.54 Å². The van der Waals surface area contributed by atoms with Crippen molar-refractivity contribution in [3.63, 3.8) is 0 Å². The lowest BCUT2D eigenvalue weighted by Crippen LogP contribution is -2.24. The van der Waals surface area contributed by atoms with Gasteiger partial charge in [-0.3, -0.25) is 4.31 Å². The topological polar surface area (TPSA) is 37.4 Å². The largest absolute Gasteiger partial charge is 0.270 e. The van der Waals surface area contributed by atoms with E-state index in [9.17, 15) is 8.42 Å². The van der Waals surface area contributed by atoms with Crippen LogP contribution < -0.4 is 4.31 Å². The van der Waals surface area contributed by atoms with Crippen molar-refractivity contribution in [1.29, 1.82) is 0 Å². The molecule has 1 fully saturated rings. The molecule has 0 saturated carbocycles. The van der Waals surface area contributed by atoms with Crippen LogP contribution in [0.4, 0.5) is 5.69 Å². The third-order valence-corrected chi connectivity index (χ3v) is 4.29. The number of rotatable bonds is 1. The third-order valence-electron chi connectivity index (χ3n) is 2.42. The molecule has 0 unspecified atom stereocenters. The van der Waals surface area contributed by atoms with Crippen molar-refractivity contribution in [1.82, 2.24) is 0 Å². The lowest BCUT2D eigenvalue weighted by Gasteiger charge is -2.16. The van der Waals surface area contributed by atoms with Crippen LogP contribution in [0.1, 0.15) is 12.0 Å². The van der Waals surface area contributed by atoms with Crippen molar-refractivity contribution in [2.45, 2.75) is 13.3 Å². The van der Waals surface area contributed by atoms with Gasteiger partial charge < -0.3 is 0 Å². The van der Waals surface area contributed by atoms with E-state index in [1.807, 2.05) is 31.2 Å². The Morgan fingerprint density at radius 2 is 1.86 bits per heavy atom. The molecule has 1 heterocycles. The van der Waals surface area contributed by atoms with Gasteiger partial charge in [0, 0.05) is 6.54 Å². The molecular weight excluding hydrogens is 198 g/mol. The number of sulfonamides is 1. The molecule has 1 aliphatic rings. The fraction of sp³-hybridized carbons (Fsp3) is 0.400. The molecule has 1 aromatic rings. The van der Waals surface area contributed by atoms with Gasteiger partial charge in [-0.2, -0.15) is 0 Å². The third kappa shape index (κ3) is 1.62. The minimum absolute atomic E-state index is 0.279. The van der Waals surface area contributed by atoms with Crippen LogP contribution >= 0.6 is 0 Å². The maximum absolute atomic E-state index is 11.6. The van der Waals surface area contributed by atoms with Gasteiger partial charge in [0.25, 0.3) is 0 Å². The molecule has 3 nitrogen and oxygen atoms in total. The Balaban J connectivity index is 2.36. The second kappa shape index (κ2) is 3.28. The summed E-state index contributed by atoms with van der Waals surface area (Å²) in [6.07, 6.45) is 0.732. The van der Waals surface area contributed by atoms with E-state index in [0.717, 1.165) is 17.7 Å². The maximum Gasteiger partial charge on any atom is 0.235 e. The zero-order valence-electron chi connectivity index (χ0n) is 8.10. The van der Waals surface area contributed by atoms with Gasteiger partial charge in [-0.25, -0.2) is 8.42 Å². The van der Waals surface area contributed by atoms with Gasteiger partial charge in [-0.15, -0.1) is 0 Å². The summed E-state index contributed by atoms with van der Waals surface area (Å²) in [4.78, 5) is 0. The highest BCUT2D eigenvalue weighted by Gasteiger charge is 2.27. The second-order valence-electron chi connectivity index (χ2n) is 3.58. The number of aryl methyl sites for hydroxylation is 1. The van der Waals surface area contributed by atoms with Crippen molar-refractivity contribution >= 4 is 15.7 Å². The van der Waals surface area contributed by atoms with E-state index in [4.69, 9.17) is 0 Å². The number of nitrogens with zero attached hydrogens (tertiary/aromatic N) is 1. The molecule has 0 spiro atoms. The van der Waals surface area contributed by atoms with Gasteiger partial charge in [0.05, 0.1) is 11.4 Å². The highest BCUT2D eigenvalue weighted by atomic mass is 32.2. The van der Waals surface area contributed by atoms with Crippen LogP contribution in [0.25, 0.3) is 0 Å². The normalized spacial score (nSPS) is 19.9. The van der Waals surface area contributed by atoms with E-state index >= 15 is 0 Å². The molecule has 0 aliphatic carbocycles. The predicted molar refractivity (Wildman–Crippen MR) is 56.9 cm³/mol. The van der Waals surface area contributed by atoms with Gasteiger partial charge in [-0.05, 0) is 25.5 Å². The van der Waals surface area contributed by atoms with Crippen molar-refractivity contribution in [2.75, 3.05) is 16.6 Å². The first-order valence-corrected chi connectivity index (χ1v) is 6.27. The molecule has 1 aromatic carbocycles. The molecule has 0 N–H and O–H groups in total. The standard InChI is InChI=1S/C10H13NO2S/c1-9-3-5-10(6-4-9)11-7-2-8-14(11,12)13/h3-6H,2,7-8H2,1H3. The number of anilines is 1. The first kappa shape index (κ1) is 9.52. The second-order valence-corrected chi connectivity index (χ2v) is 5.59. The minimum atomic E-state index is -3.02. The smallest absolute Gasteiger partial charge is 0.235 e. The molecule has 1 aliphatic heterocycles. The van der Waals surface area contributed by atoms with Gasteiger partial charge in [0.15, 0.2) is 0 Å². The Labute approximate surface area is 84.4 Å². The summed E-state index contributed by atoms with van der Waals surface area (Å²) in [7, 11) is -3.02. The fourth-order valence-electron chi connectivity index (χ4n) is 1.64. The molecule has 4 heteroatoms. The van der Waals surface area contributed by atoms with E-state index < -0.39 is 10.0 Å². The maximum atomic E-state index is 11.6. The fourth-order valence-corrected chi connectivity index (χ4v) is 3.21. The van der Waals surface area contributed by atoms with E-state index in [-0.39, 0.29) is 5.75 Å². The summed E-state index contributed by atoms with van der Waals surface area (Å²) in [5.41, 5.74) is 1.93. The minimum Gasteiger partial charge on any atom is -0.270 e. The monoisotopic (exact) mass is 211 g/mol. The quantitative estimate of drug-likeness (QED) is 0.706. The van der Waals surface area contributed by atoms with Crippen LogP contribution in [-0.4, -0.2) is 20.7 Å². The van der Waals surface area contributed by atoms with Crippen LogP contribution in [0.15, 0.2) is 24.3 Å².